The summed E-state index contributed by atoms with van der Waals surface area (Å²) in [6, 6.07) is 17.6. The van der Waals surface area contributed by atoms with Crippen LogP contribution < -0.4 is 10.1 Å². The van der Waals surface area contributed by atoms with Crippen molar-refractivity contribution in [2.75, 3.05) is 25.5 Å². The van der Waals surface area contributed by atoms with Gasteiger partial charge in [0, 0.05) is 37.2 Å². The van der Waals surface area contributed by atoms with Gasteiger partial charge in [-0.25, -0.2) is 8.42 Å². The van der Waals surface area contributed by atoms with E-state index >= 15 is 0 Å². The molecule has 1 aromatic heterocycles. The average molecular weight is 455 g/mol. The van der Waals surface area contributed by atoms with Crippen LogP contribution in [-0.2, 0) is 21.2 Å². The highest BCUT2D eigenvalue weighted by molar-refractivity contribution is 7.89. The molecule has 2 aromatic carbocycles. The summed E-state index contributed by atoms with van der Waals surface area (Å²) in [5, 5.41) is 2.81. The van der Waals surface area contributed by atoms with Crippen LogP contribution >= 0.6 is 0 Å². The number of aryl methyl sites for hydroxylation is 1. The quantitative estimate of drug-likeness (QED) is 0.548. The zero-order valence-corrected chi connectivity index (χ0v) is 18.7. The van der Waals surface area contributed by atoms with Gasteiger partial charge in [-0.05, 0) is 73.5 Å². The fourth-order valence-corrected chi connectivity index (χ4v) is 5.19. The fraction of sp³-hybridized carbons (Fsp3) is 0.292. The molecule has 1 fully saturated rings. The number of amides is 1. The normalized spacial score (nSPS) is 14.4. The highest BCUT2D eigenvalue weighted by Crippen LogP contribution is 2.25. The minimum absolute atomic E-state index is 0.164. The highest BCUT2D eigenvalue weighted by Gasteiger charge is 2.26. The molecule has 2 heterocycles. The third-order valence-corrected chi connectivity index (χ3v) is 7.39. The predicted octanol–water partition coefficient (Wildman–Crippen LogP) is 4.31. The van der Waals surface area contributed by atoms with Gasteiger partial charge in [-0.1, -0.05) is 0 Å². The third kappa shape index (κ3) is 5.03. The van der Waals surface area contributed by atoms with Crippen molar-refractivity contribution >= 4 is 21.6 Å². The van der Waals surface area contributed by atoms with E-state index in [1.807, 2.05) is 36.4 Å². The number of methoxy groups -OCH3 is 1. The lowest BCUT2D eigenvalue weighted by Crippen LogP contribution is -2.27. The van der Waals surface area contributed by atoms with Gasteiger partial charge < -0.3 is 14.5 Å². The molecule has 7 nitrogen and oxygen atoms in total. The second kappa shape index (κ2) is 9.58. The van der Waals surface area contributed by atoms with Crippen LogP contribution in [0.15, 0.2) is 70.0 Å². The molecule has 4 rings (SSSR count). The molecule has 1 amide bonds. The van der Waals surface area contributed by atoms with E-state index in [4.69, 9.17) is 9.15 Å². The maximum Gasteiger partial charge on any atom is 0.243 e. The number of benzene rings is 2. The average Bonchev–Trinajstić information content (AvgIpc) is 3.51. The zero-order chi connectivity index (χ0) is 22.6. The van der Waals surface area contributed by atoms with Crippen molar-refractivity contribution in [1.82, 2.24) is 4.31 Å². The summed E-state index contributed by atoms with van der Waals surface area (Å²) in [6.07, 6.45) is 2.50. The van der Waals surface area contributed by atoms with E-state index in [1.54, 1.807) is 19.2 Å². The molecule has 0 bridgehead atoms. The number of anilines is 1. The highest BCUT2D eigenvalue weighted by atomic mass is 32.2. The van der Waals surface area contributed by atoms with Gasteiger partial charge in [0.05, 0.1) is 12.0 Å². The number of carbonyl (C=O) groups is 1. The number of furan rings is 1. The Balaban J connectivity index is 1.31. The molecule has 0 aliphatic carbocycles. The van der Waals surface area contributed by atoms with Crippen molar-refractivity contribution in [3.63, 3.8) is 0 Å². The summed E-state index contributed by atoms with van der Waals surface area (Å²) in [5.74, 6) is 2.07. The lowest BCUT2D eigenvalue weighted by Gasteiger charge is -2.15. The zero-order valence-electron chi connectivity index (χ0n) is 17.9. The van der Waals surface area contributed by atoms with E-state index in [0.717, 1.165) is 35.7 Å². The van der Waals surface area contributed by atoms with Crippen LogP contribution in [0.25, 0.3) is 11.3 Å². The van der Waals surface area contributed by atoms with Gasteiger partial charge in [0.2, 0.25) is 15.9 Å². The van der Waals surface area contributed by atoms with Crippen molar-refractivity contribution < 1.29 is 22.4 Å². The van der Waals surface area contributed by atoms with Gasteiger partial charge >= 0.3 is 0 Å². The maximum atomic E-state index is 12.6. The van der Waals surface area contributed by atoms with Gasteiger partial charge in [-0.3, -0.25) is 4.79 Å². The number of rotatable bonds is 8. The van der Waals surface area contributed by atoms with E-state index in [-0.39, 0.29) is 17.2 Å². The first-order valence-electron chi connectivity index (χ1n) is 10.6. The third-order valence-electron chi connectivity index (χ3n) is 5.48. The smallest absolute Gasteiger partial charge is 0.243 e. The summed E-state index contributed by atoms with van der Waals surface area (Å²) in [4.78, 5) is 12.6. The van der Waals surface area contributed by atoms with E-state index in [1.165, 1.54) is 16.4 Å². The minimum Gasteiger partial charge on any atom is -0.497 e. The SMILES string of the molecule is COc1ccc(-c2ccc(CCC(=O)Nc3ccc(S(=O)(=O)N4CCCC4)cc3)o2)cc1. The van der Waals surface area contributed by atoms with Crippen LogP contribution in [0.2, 0.25) is 0 Å². The molecule has 1 aliphatic rings. The van der Waals surface area contributed by atoms with Gasteiger partial charge in [0.25, 0.3) is 0 Å². The Morgan fingerprint density at radius 1 is 1.00 bits per heavy atom. The monoisotopic (exact) mass is 454 g/mol. The van der Waals surface area contributed by atoms with Crippen LogP contribution in [0, 0.1) is 0 Å². The molecule has 1 N–H and O–H groups in total. The first-order chi connectivity index (χ1) is 15.5. The first kappa shape index (κ1) is 22.1. The summed E-state index contributed by atoms with van der Waals surface area (Å²) in [5.41, 5.74) is 1.50. The number of nitrogens with one attached hydrogen (secondary N) is 1. The van der Waals surface area contributed by atoms with Crippen LogP contribution in [-0.4, -0.2) is 38.8 Å². The van der Waals surface area contributed by atoms with Crippen molar-refractivity contribution in [2.45, 2.75) is 30.6 Å². The number of sulfonamides is 1. The lowest BCUT2D eigenvalue weighted by atomic mass is 10.2. The second-order valence-electron chi connectivity index (χ2n) is 7.68. The molecule has 0 saturated carbocycles. The topological polar surface area (TPSA) is 88.8 Å². The Morgan fingerprint density at radius 2 is 1.69 bits per heavy atom. The molecule has 168 valence electrons. The second-order valence-corrected chi connectivity index (χ2v) is 9.62. The molecular weight excluding hydrogens is 428 g/mol. The lowest BCUT2D eigenvalue weighted by molar-refractivity contribution is -0.116. The Morgan fingerprint density at radius 3 is 2.34 bits per heavy atom. The van der Waals surface area contributed by atoms with E-state index in [0.29, 0.717) is 25.2 Å². The van der Waals surface area contributed by atoms with Gasteiger partial charge in [-0.15, -0.1) is 0 Å². The summed E-state index contributed by atoms with van der Waals surface area (Å²) < 4.78 is 37.7. The van der Waals surface area contributed by atoms with E-state index < -0.39 is 10.0 Å². The Kier molecular flexibility index (Phi) is 6.62. The molecule has 0 spiro atoms. The van der Waals surface area contributed by atoms with Crippen molar-refractivity contribution in [2.24, 2.45) is 0 Å². The standard InChI is InChI=1S/C24H26N2O5S/c1-30-20-8-4-18(5-9-20)23-14-10-21(31-23)11-15-24(27)25-19-6-12-22(13-7-19)32(28,29)26-16-2-3-17-26/h4-10,12-14H,2-3,11,15-17H2,1H3,(H,25,27). The molecule has 0 unspecified atom stereocenters. The van der Waals surface area contributed by atoms with Crippen LogP contribution in [0.4, 0.5) is 5.69 Å². The van der Waals surface area contributed by atoms with Gasteiger partial charge in [-0.2, -0.15) is 4.31 Å². The molecular formula is C24H26N2O5S. The largest absolute Gasteiger partial charge is 0.497 e. The summed E-state index contributed by atoms with van der Waals surface area (Å²) in [7, 11) is -1.83. The minimum atomic E-state index is -3.45. The molecule has 0 atom stereocenters. The molecule has 1 aliphatic heterocycles. The molecule has 8 heteroatoms. The fourth-order valence-electron chi connectivity index (χ4n) is 3.67. The molecule has 32 heavy (non-hydrogen) atoms. The maximum absolute atomic E-state index is 12.6. The van der Waals surface area contributed by atoms with Gasteiger partial charge in [0.15, 0.2) is 0 Å². The van der Waals surface area contributed by atoms with Crippen molar-refractivity contribution in [3.8, 4) is 17.1 Å². The molecule has 1 saturated heterocycles. The van der Waals surface area contributed by atoms with Crippen LogP contribution in [0.3, 0.4) is 0 Å². The van der Waals surface area contributed by atoms with Crippen molar-refractivity contribution in [1.29, 1.82) is 0 Å². The summed E-state index contributed by atoms with van der Waals surface area (Å²) in [6.45, 7) is 1.13. The number of carbonyl (C=O) groups excluding carboxylic acids is 1. The Hall–Kier alpha value is -3.10. The first-order valence-corrected chi connectivity index (χ1v) is 12.0. The van der Waals surface area contributed by atoms with Crippen LogP contribution in [0.5, 0.6) is 5.75 Å². The number of ether oxygens (including phenoxy) is 1. The Bertz CT molecular complexity index is 1160. The van der Waals surface area contributed by atoms with E-state index in [9.17, 15) is 13.2 Å². The Labute approximate surface area is 188 Å². The number of hydrogen-bond donors (Lipinski definition) is 1. The molecule has 0 radical (unpaired) electrons. The number of hydrogen-bond acceptors (Lipinski definition) is 5. The molecule has 3 aromatic rings. The summed E-state index contributed by atoms with van der Waals surface area (Å²) >= 11 is 0. The number of nitrogens with zero attached hydrogens (tertiary/aromatic N) is 1. The van der Waals surface area contributed by atoms with E-state index in [2.05, 4.69) is 5.32 Å². The van der Waals surface area contributed by atoms with Crippen molar-refractivity contribution in [3.05, 3.63) is 66.4 Å². The van der Waals surface area contributed by atoms with Crippen LogP contribution in [0.1, 0.15) is 25.0 Å². The predicted molar refractivity (Wildman–Crippen MR) is 122 cm³/mol. The van der Waals surface area contributed by atoms with Gasteiger partial charge in [0.1, 0.15) is 17.3 Å².